The topological polar surface area (TPSA) is 71.1 Å². The average molecular weight is 575 g/mol. The summed E-state index contributed by atoms with van der Waals surface area (Å²) in [5.41, 5.74) is 0.119. The first kappa shape index (κ1) is 26.7. The Kier molecular flexibility index (Phi) is 8.84. The van der Waals surface area contributed by atoms with Crippen molar-refractivity contribution in [2.75, 3.05) is 0 Å². The van der Waals surface area contributed by atoms with Gasteiger partial charge in [0.2, 0.25) is 0 Å². The van der Waals surface area contributed by atoms with Gasteiger partial charge in [-0.25, -0.2) is 9.59 Å². The van der Waals surface area contributed by atoms with Crippen molar-refractivity contribution < 1.29 is 28.4 Å². The molecule has 1 radical (unpaired) electrons. The first-order chi connectivity index (χ1) is 17.8. The summed E-state index contributed by atoms with van der Waals surface area (Å²) >= 11 is 24.2. The molecule has 4 aromatic rings. The van der Waals surface area contributed by atoms with E-state index in [1.807, 2.05) is 0 Å². The summed E-state index contributed by atoms with van der Waals surface area (Å²) in [4.78, 5) is 25.0. The number of hydrogen-bond acceptors (Lipinski definition) is 6. The van der Waals surface area contributed by atoms with Crippen molar-refractivity contribution in [2.24, 2.45) is 0 Å². The van der Waals surface area contributed by atoms with Crippen molar-refractivity contribution in [1.82, 2.24) is 0 Å². The molecule has 0 aliphatic heterocycles. The first-order valence-corrected chi connectivity index (χ1v) is 12.0. The van der Waals surface area contributed by atoms with Gasteiger partial charge in [0.15, 0.2) is 0 Å². The Bertz CT molecular complexity index is 1310. The molecule has 0 aromatic heterocycles. The van der Waals surface area contributed by atoms with Gasteiger partial charge in [-0.3, -0.25) is 0 Å². The summed E-state index contributed by atoms with van der Waals surface area (Å²) in [6.45, 7) is 0. The van der Waals surface area contributed by atoms with Gasteiger partial charge in [-0.05, 0) is 48.5 Å². The Balaban J connectivity index is 1.35. The monoisotopic (exact) mass is 573 g/mol. The van der Waals surface area contributed by atoms with E-state index in [4.69, 9.17) is 65.2 Å². The summed E-state index contributed by atoms with van der Waals surface area (Å²) in [5.74, 6) is -0.356. The Morgan fingerprint density at radius 3 is 1.22 bits per heavy atom. The van der Waals surface area contributed by atoms with Crippen LogP contribution in [0.25, 0.3) is 0 Å². The van der Waals surface area contributed by atoms with Crippen LogP contribution in [0, 0.1) is 0 Å². The molecule has 4 rings (SSSR count). The van der Waals surface area contributed by atoms with Crippen LogP contribution in [-0.2, 0) is 0 Å². The van der Waals surface area contributed by atoms with Crippen LogP contribution >= 0.6 is 46.4 Å². The standard InChI is InChI=1S/C26H14BCl4O6/c28-19-9-3-10-20(29)23(19)25(32)34-15-5-1-7-17(13-15)36-27-37-18-8-2-6-16(14-18)35-26(33)24-21(30)11-4-12-22(24)31/h1-14H. The lowest BCUT2D eigenvalue weighted by molar-refractivity contribution is 0.0725. The van der Waals surface area contributed by atoms with Crippen molar-refractivity contribution in [3.8, 4) is 23.0 Å². The minimum atomic E-state index is -0.711. The lowest BCUT2D eigenvalue weighted by Crippen LogP contribution is -2.13. The maximum atomic E-state index is 12.5. The van der Waals surface area contributed by atoms with E-state index in [1.54, 1.807) is 48.5 Å². The minimum Gasteiger partial charge on any atom is -0.526 e. The number of esters is 2. The zero-order chi connectivity index (χ0) is 26.4. The maximum absolute atomic E-state index is 12.5. The van der Waals surface area contributed by atoms with Gasteiger partial charge >= 0.3 is 19.6 Å². The fourth-order valence-electron chi connectivity index (χ4n) is 3.06. The molecular formula is C26H14BCl4O6. The van der Waals surface area contributed by atoms with E-state index in [9.17, 15) is 9.59 Å². The molecule has 0 unspecified atom stereocenters. The number of halogens is 4. The highest BCUT2D eigenvalue weighted by Gasteiger charge is 2.18. The van der Waals surface area contributed by atoms with Crippen molar-refractivity contribution >= 4 is 66.0 Å². The highest BCUT2D eigenvalue weighted by atomic mass is 35.5. The lowest BCUT2D eigenvalue weighted by Gasteiger charge is -2.11. The van der Waals surface area contributed by atoms with Crippen LogP contribution in [0.1, 0.15) is 20.7 Å². The van der Waals surface area contributed by atoms with Crippen LogP contribution in [0.5, 0.6) is 23.0 Å². The van der Waals surface area contributed by atoms with Crippen LogP contribution in [-0.4, -0.2) is 19.6 Å². The summed E-state index contributed by atoms with van der Waals surface area (Å²) in [6, 6.07) is 22.0. The molecule has 0 saturated heterocycles. The molecule has 0 spiro atoms. The molecule has 0 saturated carbocycles. The predicted molar refractivity (Wildman–Crippen MR) is 143 cm³/mol. The molecule has 0 heterocycles. The van der Waals surface area contributed by atoms with Gasteiger partial charge in [0.05, 0.1) is 31.2 Å². The van der Waals surface area contributed by atoms with E-state index in [-0.39, 0.29) is 42.7 Å². The van der Waals surface area contributed by atoms with Gasteiger partial charge in [0.25, 0.3) is 0 Å². The number of rotatable bonds is 8. The normalized spacial score (nSPS) is 10.4. The van der Waals surface area contributed by atoms with Crippen LogP contribution in [0.2, 0.25) is 20.1 Å². The summed E-state index contributed by atoms with van der Waals surface area (Å²) in [5, 5.41) is 0.702. The fourth-order valence-corrected chi connectivity index (χ4v) is 4.16. The SMILES string of the molecule is O=C(Oc1cccc(O[B]Oc2cccc(OC(=O)c3c(Cl)cccc3Cl)c2)c1)c1c(Cl)cccc1Cl. The molecule has 0 bridgehead atoms. The minimum absolute atomic E-state index is 0.0597. The number of carbonyl (C=O) groups excluding carboxylic acids is 2. The number of benzene rings is 4. The Labute approximate surface area is 232 Å². The molecule has 0 fully saturated rings. The third-order valence-electron chi connectivity index (χ3n) is 4.73. The quantitative estimate of drug-likeness (QED) is 0.122. The summed E-state index contributed by atoms with van der Waals surface area (Å²) in [6.07, 6.45) is 0. The van der Waals surface area contributed by atoms with E-state index in [1.165, 1.54) is 36.4 Å². The molecular weight excluding hydrogens is 561 g/mol. The lowest BCUT2D eigenvalue weighted by atomic mass is 10.2. The van der Waals surface area contributed by atoms with Gasteiger partial charge in [0.1, 0.15) is 23.0 Å². The number of hydrogen-bond donors (Lipinski definition) is 0. The van der Waals surface area contributed by atoms with E-state index in [0.29, 0.717) is 11.5 Å². The molecule has 0 amide bonds. The van der Waals surface area contributed by atoms with Gasteiger partial charge in [-0.1, -0.05) is 70.7 Å². The van der Waals surface area contributed by atoms with Gasteiger partial charge < -0.3 is 18.8 Å². The van der Waals surface area contributed by atoms with Gasteiger partial charge in [-0.15, -0.1) is 0 Å². The van der Waals surface area contributed by atoms with E-state index in [0.717, 1.165) is 7.69 Å². The Morgan fingerprint density at radius 2 is 0.838 bits per heavy atom. The van der Waals surface area contributed by atoms with Crippen LogP contribution in [0.15, 0.2) is 84.9 Å². The van der Waals surface area contributed by atoms with Crippen LogP contribution in [0.4, 0.5) is 0 Å². The molecule has 0 atom stereocenters. The molecule has 0 N–H and O–H groups in total. The zero-order valence-electron chi connectivity index (χ0n) is 18.6. The molecule has 185 valence electrons. The van der Waals surface area contributed by atoms with Gasteiger partial charge in [-0.2, -0.15) is 0 Å². The van der Waals surface area contributed by atoms with E-state index in [2.05, 4.69) is 0 Å². The predicted octanol–water partition coefficient (Wildman–Crippen LogP) is 7.73. The van der Waals surface area contributed by atoms with E-state index < -0.39 is 11.9 Å². The van der Waals surface area contributed by atoms with Crippen LogP contribution < -0.4 is 18.8 Å². The largest absolute Gasteiger partial charge is 0.658 e. The summed E-state index contributed by atoms with van der Waals surface area (Å²) in [7, 11) is 1.07. The van der Waals surface area contributed by atoms with Crippen LogP contribution in [0.3, 0.4) is 0 Å². The zero-order valence-corrected chi connectivity index (χ0v) is 21.6. The highest BCUT2D eigenvalue weighted by Crippen LogP contribution is 2.29. The molecule has 4 aromatic carbocycles. The fraction of sp³-hybridized carbons (Fsp3) is 0. The molecule has 11 heteroatoms. The van der Waals surface area contributed by atoms with Crippen molar-refractivity contribution in [1.29, 1.82) is 0 Å². The molecule has 0 aliphatic rings. The van der Waals surface area contributed by atoms with Crippen molar-refractivity contribution in [3.63, 3.8) is 0 Å². The molecule has 37 heavy (non-hydrogen) atoms. The second kappa shape index (κ2) is 12.3. The van der Waals surface area contributed by atoms with Gasteiger partial charge in [0, 0.05) is 12.1 Å². The highest BCUT2D eigenvalue weighted by molar-refractivity contribution is 6.40. The maximum Gasteiger partial charge on any atom is 0.658 e. The van der Waals surface area contributed by atoms with E-state index >= 15 is 0 Å². The summed E-state index contributed by atoms with van der Waals surface area (Å²) < 4.78 is 21.7. The second-order valence-electron chi connectivity index (χ2n) is 7.25. The third kappa shape index (κ3) is 6.90. The smallest absolute Gasteiger partial charge is 0.526 e. The Hall–Kier alpha value is -3.36. The molecule has 0 aliphatic carbocycles. The molecule has 6 nitrogen and oxygen atoms in total. The number of ether oxygens (including phenoxy) is 2. The second-order valence-corrected chi connectivity index (χ2v) is 8.88. The average Bonchev–Trinajstić information content (AvgIpc) is 2.84. The third-order valence-corrected chi connectivity index (χ3v) is 5.99. The van der Waals surface area contributed by atoms with Crippen molar-refractivity contribution in [3.05, 3.63) is 116 Å². The first-order valence-electron chi connectivity index (χ1n) is 10.5. The Morgan fingerprint density at radius 1 is 0.514 bits per heavy atom. The number of carbonyl (C=O) groups is 2. The van der Waals surface area contributed by atoms with Crippen molar-refractivity contribution in [2.45, 2.75) is 0 Å².